The predicted molar refractivity (Wildman–Crippen MR) is 57.2 cm³/mol. The molecule has 1 aliphatic heterocycles. The van der Waals surface area contributed by atoms with E-state index in [9.17, 15) is 5.11 Å². The first-order valence-electron chi connectivity index (χ1n) is 5.25. The molecule has 2 rings (SSSR count). The van der Waals surface area contributed by atoms with Crippen LogP contribution < -0.4 is 0 Å². The van der Waals surface area contributed by atoms with Gasteiger partial charge in [0.15, 0.2) is 0 Å². The predicted octanol–water partition coefficient (Wildman–Crippen LogP) is 1.15. The molecule has 0 aromatic heterocycles. The minimum absolute atomic E-state index is 0.0722. The summed E-state index contributed by atoms with van der Waals surface area (Å²) in [5.74, 6) is 1.01. The van der Waals surface area contributed by atoms with Crippen molar-refractivity contribution in [2.45, 2.75) is 31.8 Å². The number of nitrogens with zero attached hydrogens (tertiary/aromatic N) is 1. The molecular weight excluding hydrogens is 182 g/mol. The second-order valence-electron chi connectivity index (χ2n) is 4.69. The third-order valence-electron chi connectivity index (χ3n) is 3.56. The van der Waals surface area contributed by atoms with Crippen molar-refractivity contribution in [2.75, 3.05) is 25.4 Å². The highest BCUT2D eigenvalue weighted by molar-refractivity contribution is 7.80. The molecule has 1 heterocycles. The summed E-state index contributed by atoms with van der Waals surface area (Å²) in [6, 6.07) is 0. The van der Waals surface area contributed by atoms with Crippen LogP contribution in [0.25, 0.3) is 0 Å². The van der Waals surface area contributed by atoms with Gasteiger partial charge in [0.05, 0.1) is 6.10 Å². The Morgan fingerprint density at radius 1 is 1.46 bits per heavy atom. The van der Waals surface area contributed by atoms with Gasteiger partial charge in [0.1, 0.15) is 0 Å². The van der Waals surface area contributed by atoms with Crippen molar-refractivity contribution in [3.63, 3.8) is 0 Å². The van der Waals surface area contributed by atoms with Gasteiger partial charge in [0, 0.05) is 19.6 Å². The Bertz CT molecular complexity index is 176. The Morgan fingerprint density at radius 2 is 2.23 bits per heavy atom. The smallest absolute Gasteiger partial charge is 0.0679 e. The van der Waals surface area contributed by atoms with E-state index >= 15 is 0 Å². The molecule has 13 heavy (non-hydrogen) atoms. The van der Waals surface area contributed by atoms with E-state index in [0.29, 0.717) is 5.41 Å². The van der Waals surface area contributed by atoms with Crippen LogP contribution in [0.3, 0.4) is 0 Å². The van der Waals surface area contributed by atoms with Crippen molar-refractivity contribution >= 4 is 12.6 Å². The summed E-state index contributed by atoms with van der Waals surface area (Å²) < 4.78 is 0. The van der Waals surface area contributed by atoms with Gasteiger partial charge in [-0.1, -0.05) is 6.42 Å². The standard InChI is InChI=1S/C10H19NOS/c12-9-2-5-11(6-9)7-10(8-13)3-1-4-10/h9,12-13H,1-8H2. The zero-order valence-corrected chi connectivity index (χ0v) is 8.97. The van der Waals surface area contributed by atoms with Crippen LogP contribution in [0.5, 0.6) is 0 Å². The zero-order chi connectivity index (χ0) is 9.31. The monoisotopic (exact) mass is 201 g/mol. The molecule has 1 atom stereocenters. The van der Waals surface area contributed by atoms with Crippen LogP contribution >= 0.6 is 12.6 Å². The van der Waals surface area contributed by atoms with Gasteiger partial charge in [0.25, 0.3) is 0 Å². The fraction of sp³-hybridized carbons (Fsp3) is 1.00. The van der Waals surface area contributed by atoms with Gasteiger partial charge in [-0.3, -0.25) is 0 Å². The summed E-state index contributed by atoms with van der Waals surface area (Å²) in [6.45, 7) is 3.12. The number of aliphatic hydroxyl groups is 1. The number of hydrogen-bond acceptors (Lipinski definition) is 3. The van der Waals surface area contributed by atoms with Crippen molar-refractivity contribution in [3.05, 3.63) is 0 Å². The molecule has 0 aromatic carbocycles. The van der Waals surface area contributed by atoms with E-state index in [-0.39, 0.29) is 6.10 Å². The highest BCUT2D eigenvalue weighted by Gasteiger charge is 2.38. The maximum absolute atomic E-state index is 9.40. The minimum Gasteiger partial charge on any atom is -0.392 e. The van der Waals surface area contributed by atoms with Crippen LogP contribution in [-0.4, -0.2) is 41.5 Å². The maximum Gasteiger partial charge on any atom is 0.0679 e. The first-order chi connectivity index (χ1) is 6.24. The topological polar surface area (TPSA) is 23.5 Å². The maximum atomic E-state index is 9.40. The lowest BCUT2D eigenvalue weighted by Gasteiger charge is -2.43. The first kappa shape index (κ1) is 9.81. The van der Waals surface area contributed by atoms with E-state index < -0.39 is 0 Å². The summed E-state index contributed by atoms with van der Waals surface area (Å²) >= 11 is 4.44. The molecule has 2 nitrogen and oxygen atoms in total. The number of aliphatic hydroxyl groups excluding tert-OH is 1. The lowest BCUT2D eigenvalue weighted by molar-refractivity contribution is 0.0929. The van der Waals surface area contributed by atoms with Crippen molar-refractivity contribution in [1.82, 2.24) is 4.90 Å². The Hall–Kier alpha value is 0.270. The lowest BCUT2D eigenvalue weighted by Crippen LogP contribution is -2.43. The van der Waals surface area contributed by atoms with Gasteiger partial charge in [-0.15, -0.1) is 0 Å². The van der Waals surface area contributed by atoms with E-state index in [4.69, 9.17) is 0 Å². The highest BCUT2D eigenvalue weighted by Crippen LogP contribution is 2.42. The van der Waals surface area contributed by atoms with Gasteiger partial charge < -0.3 is 10.0 Å². The number of likely N-dealkylation sites (tertiary alicyclic amines) is 1. The van der Waals surface area contributed by atoms with Gasteiger partial charge >= 0.3 is 0 Å². The Morgan fingerprint density at radius 3 is 2.62 bits per heavy atom. The largest absolute Gasteiger partial charge is 0.392 e. The molecule has 2 aliphatic rings. The van der Waals surface area contributed by atoms with Gasteiger partial charge in [-0.25, -0.2) is 0 Å². The molecule has 1 unspecified atom stereocenters. The molecular formula is C10H19NOS. The normalized spacial score (nSPS) is 33.2. The van der Waals surface area contributed by atoms with Crippen molar-refractivity contribution in [1.29, 1.82) is 0 Å². The second-order valence-corrected chi connectivity index (χ2v) is 5.01. The molecule has 76 valence electrons. The van der Waals surface area contributed by atoms with Crippen LogP contribution in [0, 0.1) is 5.41 Å². The van der Waals surface area contributed by atoms with Crippen molar-refractivity contribution < 1.29 is 5.11 Å². The van der Waals surface area contributed by atoms with Crippen LogP contribution in [-0.2, 0) is 0 Å². The summed E-state index contributed by atoms with van der Waals surface area (Å²) in [4.78, 5) is 2.40. The average Bonchev–Trinajstić information content (AvgIpc) is 2.44. The van der Waals surface area contributed by atoms with Crippen LogP contribution in [0.2, 0.25) is 0 Å². The van der Waals surface area contributed by atoms with Crippen LogP contribution in [0.4, 0.5) is 0 Å². The fourth-order valence-electron chi connectivity index (χ4n) is 2.47. The summed E-state index contributed by atoms with van der Waals surface area (Å²) in [5, 5.41) is 9.40. The van der Waals surface area contributed by atoms with Gasteiger partial charge in [-0.2, -0.15) is 12.6 Å². The second kappa shape index (κ2) is 3.79. The van der Waals surface area contributed by atoms with Crippen molar-refractivity contribution in [3.8, 4) is 0 Å². The lowest BCUT2D eigenvalue weighted by atomic mass is 9.70. The number of rotatable bonds is 3. The molecule has 0 spiro atoms. The molecule has 0 aromatic rings. The Labute approximate surface area is 85.7 Å². The van der Waals surface area contributed by atoms with E-state index in [1.165, 1.54) is 19.3 Å². The van der Waals surface area contributed by atoms with Crippen LogP contribution in [0.1, 0.15) is 25.7 Å². The minimum atomic E-state index is -0.0722. The molecule has 3 heteroatoms. The molecule has 0 radical (unpaired) electrons. The molecule has 2 fully saturated rings. The quantitative estimate of drug-likeness (QED) is 0.669. The molecule has 0 bridgehead atoms. The molecule has 1 N–H and O–H groups in total. The highest BCUT2D eigenvalue weighted by atomic mass is 32.1. The Balaban J connectivity index is 1.83. The SMILES string of the molecule is OC1CCN(CC2(CS)CCC2)C1. The van der Waals surface area contributed by atoms with Crippen molar-refractivity contribution in [2.24, 2.45) is 5.41 Å². The Kier molecular flexibility index (Phi) is 2.86. The van der Waals surface area contributed by atoms with E-state index in [0.717, 1.165) is 31.8 Å². The molecule has 0 amide bonds. The van der Waals surface area contributed by atoms with Gasteiger partial charge in [-0.05, 0) is 30.4 Å². The fourth-order valence-corrected chi connectivity index (χ4v) is 2.89. The third-order valence-corrected chi connectivity index (χ3v) is 4.23. The number of β-amino-alcohol motifs (C(OH)–C–C–N with tert-alkyl or cyclic N) is 1. The summed E-state index contributed by atoms with van der Waals surface area (Å²) in [7, 11) is 0. The molecule has 1 saturated carbocycles. The third kappa shape index (κ3) is 2.03. The molecule has 1 saturated heterocycles. The van der Waals surface area contributed by atoms with E-state index in [1.807, 2.05) is 0 Å². The van der Waals surface area contributed by atoms with E-state index in [1.54, 1.807) is 0 Å². The number of thiol groups is 1. The summed E-state index contributed by atoms with van der Waals surface area (Å²) in [6.07, 6.45) is 4.93. The molecule has 1 aliphatic carbocycles. The number of hydrogen-bond donors (Lipinski definition) is 2. The van der Waals surface area contributed by atoms with Gasteiger partial charge in [0.2, 0.25) is 0 Å². The van der Waals surface area contributed by atoms with E-state index in [2.05, 4.69) is 17.5 Å². The first-order valence-corrected chi connectivity index (χ1v) is 5.89. The average molecular weight is 201 g/mol. The zero-order valence-electron chi connectivity index (χ0n) is 8.08. The summed E-state index contributed by atoms with van der Waals surface area (Å²) in [5.41, 5.74) is 0.493. The van der Waals surface area contributed by atoms with Crippen LogP contribution in [0.15, 0.2) is 0 Å².